The van der Waals surface area contributed by atoms with Gasteiger partial charge in [-0.1, -0.05) is 42.0 Å². The van der Waals surface area contributed by atoms with Gasteiger partial charge in [0.2, 0.25) is 0 Å². The molecule has 0 aromatic heterocycles. The molecule has 0 amide bonds. The number of hydrogen-bond donors (Lipinski definition) is 1. The van der Waals surface area contributed by atoms with Crippen LogP contribution in [0, 0.1) is 12.7 Å². The Morgan fingerprint density at radius 3 is 2.41 bits per heavy atom. The molecule has 1 nitrogen and oxygen atoms in total. The number of rotatable bonds is 2. The summed E-state index contributed by atoms with van der Waals surface area (Å²) in [4.78, 5) is 0. The van der Waals surface area contributed by atoms with E-state index in [9.17, 15) is 4.39 Å². The van der Waals surface area contributed by atoms with Gasteiger partial charge < -0.3 is 5.73 Å². The van der Waals surface area contributed by atoms with Gasteiger partial charge in [-0.2, -0.15) is 0 Å². The number of hydrogen-bond acceptors (Lipinski definition) is 1. The summed E-state index contributed by atoms with van der Waals surface area (Å²) in [6.07, 6.45) is 0. The zero-order chi connectivity index (χ0) is 12.4. The third kappa shape index (κ3) is 2.56. The van der Waals surface area contributed by atoms with Crippen molar-refractivity contribution in [2.45, 2.75) is 13.0 Å². The molecule has 0 aliphatic rings. The molecule has 0 bridgehead atoms. The smallest absolute Gasteiger partial charge is 0.142 e. The van der Waals surface area contributed by atoms with Gasteiger partial charge in [0, 0.05) is 5.56 Å². The Balaban J connectivity index is 2.40. The van der Waals surface area contributed by atoms with E-state index in [4.69, 9.17) is 5.73 Å². The van der Waals surface area contributed by atoms with Crippen molar-refractivity contribution in [1.29, 1.82) is 0 Å². The predicted octanol–water partition coefficient (Wildman–Crippen LogP) is 3.94. The van der Waals surface area contributed by atoms with Crippen LogP contribution in [0.25, 0.3) is 0 Å². The Labute approximate surface area is 109 Å². The van der Waals surface area contributed by atoms with Crippen LogP contribution < -0.4 is 5.73 Å². The molecular formula is C14H13BrFN. The molecule has 0 heterocycles. The fraction of sp³-hybridized carbons (Fsp3) is 0.143. The van der Waals surface area contributed by atoms with Gasteiger partial charge in [-0.15, -0.1) is 0 Å². The van der Waals surface area contributed by atoms with Crippen molar-refractivity contribution in [1.82, 2.24) is 0 Å². The van der Waals surface area contributed by atoms with E-state index in [0.29, 0.717) is 10.0 Å². The number of nitrogens with two attached hydrogens (primary N) is 1. The maximum Gasteiger partial charge on any atom is 0.142 e. The molecule has 0 aliphatic carbocycles. The first kappa shape index (κ1) is 12.3. The van der Waals surface area contributed by atoms with E-state index in [1.54, 1.807) is 18.2 Å². The van der Waals surface area contributed by atoms with Gasteiger partial charge >= 0.3 is 0 Å². The molecule has 0 saturated heterocycles. The highest BCUT2D eigenvalue weighted by Crippen LogP contribution is 2.26. The molecule has 88 valence electrons. The molecule has 3 heteroatoms. The molecule has 0 aliphatic heterocycles. The Hall–Kier alpha value is -1.19. The van der Waals surface area contributed by atoms with Gasteiger partial charge in [0.1, 0.15) is 5.82 Å². The molecule has 0 saturated carbocycles. The molecular weight excluding hydrogens is 281 g/mol. The van der Waals surface area contributed by atoms with Crippen molar-refractivity contribution in [2.75, 3.05) is 0 Å². The van der Waals surface area contributed by atoms with Gasteiger partial charge in [0.25, 0.3) is 0 Å². The van der Waals surface area contributed by atoms with Crippen molar-refractivity contribution in [2.24, 2.45) is 5.73 Å². The van der Waals surface area contributed by atoms with Crippen LogP contribution in [0.15, 0.2) is 46.9 Å². The quantitative estimate of drug-likeness (QED) is 0.892. The maximum atomic E-state index is 13.9. The summed E-state index contributed by atoms with van der Waals surface area (Å²) < 4.78 is 14.3. The third-order valence-corrected chi connectivity index (χ3v) is 3.37. The minimum absolute atomic E-state index is 0.291. The SMILES string of the molecule is Cc1ccc(C(N)c2cccc(Br)c2F)cc1. The van der Waals surface area contributed by atoms with Crippen molar-refractivity contribution < 1.29 is 4.39 Å². The summed E-state index contributed by atoms with van der Waals surface area (Å²) in [7, 11) is 0. The summed E-state index contributed by atoms with van der Waals surface area (Å²) in [5, 5.41) is 0. The van der Waals surface area contributed by atoms with Crippen LogP contribution >= 0.6 is 15.9 Å². The van der Waals surface area contributed by atoms with Gasteiger partial charge in [0.05, 0.1) is 10.5 Å². The lowest BCUT2D eigenvalue weighted by Gasteiger charge is -2.14. The zero-order valence-corrected chi connectivity index (χ0v) is 11.0. The normalized spacial score (nSPS) is 12.5. The molecule has 0 radical (unpaired) electrons. The molecule has 2 rings (SSSR count). The maximum absolute atomic E-state index is 13.9. The Bertz CT molecular complexity index is 522. The molecule has 1 atom stereocenters. The minimum atomic E-state index is -0.437. The van der Waals surface area contributed by atoms with Crippen LogP contribution in [-0.2, 0) is 0 Å². The highest BCUT2D eigenvalue weighted by atomic mass is 79.9. The number of halogens is 2. The van der Waals surface area contributed by atoms with Crippen LogP contribution in [0.1, 0.15) is 22.7 Å². The van der Waals surface area contributed by atoms with E-state index in [-0.39, 0.29) is 5.82 Å². The van der Waals surface area contributed by atoms with Gasteiger partial charge in [-0.05, 0) is 34.5 Å². The Morgan fingerprint density at radius 2 is 1.76 bits per heavy atom. The first-order valence-corrected chi connectivity index (χ1v) is 6.15. The summed E-state index contributed by atoms with van der Waals surface area (Å²) in [5.74, 6) is -0.291. The van der Waals surface area contributed by atoms with Crippen molar-refractivity contribution in [3.05, 3.63) is 69.4 Å². The standard InChI is InChI=1S/C14H13BrFN/c1-9-5-7-10(8-6-9)14(17)11-3-2-4-12(15)13(11)16/h2-8,14H,17H2,1H3. The summed E-state index contributed by atoms with van der Waals surface area (Å²) in [6, 6.07) is 12.5. The third-order valence-electron chi connectivity index (χ3n) is 2.75. The first-order chi connectivity index (χ1) is 8.09. The lowest BCUT2D eigenvalue weighted by molar-refractivity contribution is 0.593. The second-order valence-corrected chi connectivity index (χ2v) is 4.89. The van der Waals surface area contributed by atoms with Crippen molar-refractivity contribution in [3.63, 3.8) is 0 Å². The van der Waals surface area contributed by atoms with E-state index in [2.05, 4.69) is 15.9 Å². The summed E-state index contributed by atoms with van der Waals surface area (Å²) in [6.45, 7) is 2.01. The largest absolute Gasteiger partial charge is 0.320 e. The molecule has 2 aromatic rings. The molecule has 17 heavy (non-hydrogen) atoms. The topological polar surface area (TPSA) is 26.0 Å². The van der Waals surface area contributed by atoms with E-state index in [0.717, 1.165) is 11.1 Å². The minimum Gasteiger partial charge on any atom is -0.320 e. The van der Waals surface area contributed by atoms with Crippen molar-refractivity contribution in [3.8, 4) is 0 Å². The average Bonchev–Trinajstić information content (AvgIpc) is 2.33. The van der Waals surface area contributed by atoms with Crippen LogP contribution in [0.4, 0.5) is 4.39 Å². The van der Waals surface area contributed by atoms with Crippen molar-refractivity contribution >= 4 is 15.9 Å². The Morgan fingerprint density at radius 1 is 1.12 bits per heavy atom. The second kappa shape index (κ2) is 4.98. The average molecular weight is 294 g/mol. The van der Waals surface area contributed by atoms with Gasteiger partial charge in [0.15, 0.2) is 0 Å². The van der Waals surface area contributed by atoms with Crippen LogP contribution in [0.3, 0.4) is 0 Å². The van der Waals surface area contributed by atoms with Crippen LogP contribution in [0.5, 0.6) is 0 Å². The summed E-state index contributed by atoms with van der Waals surface area (Å²) >= 11 is 3.17. The monoisotopic (exact) mass is 293 g/mol. The lowest BCUT2D eigenvalue weighted by atomic mass is 9.98. The lowest BCUT2D eigenvalue weighted by Crippen LogP contribution is -2.13. The number of aryl methyl sites for hydroxylation is 1. The van der Waals surface area contributed by atoms with E-state index in [1.165, 1.54) is 0 Å². The fourth-order valence-corrected chi connectivity index (χ4v) is 2.10. The zero-order valence-electron chi connectivity index (χ0n) is 9.45. The molecule has 0 spiro atoms. The predicted molar refractivity (Wildman–Crippen MR) is 71.3 cm³/mol. The number of benzene rings is 2. The van der Waals surface area contributed by atoms with E-state index in [1.807, 2.05) is 31.2 Å². The fourth-order valence-electron chi connectivity index (χ4n) is 1.71. The molecule has 1 unspecified atom stereocenters. The highest BCUT2D eigenvalue weighted by Gasteiger charge is 2.14. The molecule has 0 fully saturated rings. The van der Waals surface area contributed by atoms with Crippen LogP contribution in [-0.4, -0.2) is 0 Å². The molecule has 2 aromatic carbocycles. The Kier molecular flexibility index (Phi) is 3.60. The first-order valence-electron chi connectivity index (χ1n) is 5.35. The van der Waals surface area contributed by atoms with Crippen LogP contribution in [0.2, 0.25) is 0 Å². The van der Waals surface area contributed by atoms with Gasteiger partial charge in [-0.25, -0.2) is 4.39 Å². The second-order valence-electron chi connectivity index (χ2n) is 4.03. The van der Waals surface area contributed by atoms with E-state index < -0.39 is 6.04 Å². The summed E-state index contributed by atoms with van der Waals surface area (Å²) in [5.41, 5.74) is 8.65. The molecule has 2 N–H and O–H groups in total. The van der Waals surface area contributed by atoms with E-state index >= 15 is 0 Å². The highest BCUT2D eigenvalue weighted by molar-refractivity contribution is 9.10. The van der Waals surface area contributed by atoms with Gasteiger partial charge in [-0.3, -0.25) is 0 Å².